The summed E-state index contributed by atoms with van der Waals surface area (Å²) in [5.41, 5.74) is 2.48. The van der Waals surface area contributed by atoms with Crippen molar-refractivity contribution < 1.29 is 4.74 Å². The summed E-state index contributed by atoms with van der Waals surface area (Å²) in [4.78, 5) is 2.48. The molecule has 0 saturated carbocycles. The van der Waals surface area contributed by atoms with Crippen LogP contribution in [0.2, 0.25) is 0 Å². The molecule has 0 radical (unpaired) electrons. The zero-order valence-electron chi connectivity index (χ0n) is 11.9. The predicted molar refractivity (Wildman–Crippen MR) is 77.6 cm³/mol. The van der Waals surface area contributed by atoms with E-state index in [1.165, 1.54) is 11.4 Å². The van der Waals surface area contributed by atoms with Crippen LogP contribution < -0.4 is 0 Å². The van der Waals surface area contributed by atoms with Crippen LogP contribution in [0.1, 0.15) is 31.2 Å². The molecule has 0 bridgehead atoms. The second-order valence-electron chi connectivity index (χ2n) is 5.14. The third-order valence-corrected chi connectivity index (χ3v) is 3.89. The summed E-state index contributed by atoms with van der Waals surface area (Å²) >= 11 is 5.65. The van der Waals surface area contributed by atoms with Crippen molar-refractivity contribution >= 4 is 11.6 Å². The summed E-state index contributed by atoms with van der Waals surface area (Å²) in [6.45, 7) is 6.00. The Hall–Kier alpha value is -0.580. The molecule has 4 nitrogen and oxygen atoms in total. The number of likely N-dealkylation sites (tertiary alicyclic amines) is 1. The molecule has 0 aliphatic carbocycles. The number of aryl methyl sites for hydroxylation is 2. The fraction of sp³-hybridized carbons (Fsp3) is 0.786. The van der Waals surface area contributed by atoms with Crippen LogP contribution in [0.3, 0.4) is 0 Å². The second-order valence-corrected chi connectivity index (χ2v) is 5.52. The lowest BCUT2D eigenvalue weighted by molar-refractivity contribution is 0.0130. The molecular weight excluding hydrogens is 262 g/mol. The van der Waals surface area contributed by atoms with Crippen molar-refractivity contribution in [3.05, 3.63) is 17.5 Å². The summed E-state index contributed by atoms with van der Waals surface area (Å²) in [6.07, 6.45) is 3.61. The third-order valence-electron chi connectivity index (χ3n) is 3.74. The number of ether oxygens (including phenoxy) is 1. The quantitative estimate of drug-likeness (QED) is 0.751. The van der Waals surface area contributed by atoms with Crippen LogP contribution in [0, 0.1) is 0 Å². The van der Waals surface area contributed by atoms with Crippen LogP contribution in [0.15, 0.2) is 6.07 Å². The van der Waals surface area contributed by atoms with E-state index in [1.54, 1.807) is 0 Å². The molecule has 1 aromatic heterocycles. The van der Waals surface area contributed by atoms with Gasteiger partial charge in [0.05, 0.1) is 24.1 Å². The highest BCUT2D eigenvalue weighted by Crippen LogP contribution is 2.16. The number of hydrogen-bond donors (Lipinski definition) is 0. The first-order chi connectivity index (χ1) is 9.22. The molecule has 1 aliphatic rings. The highest BCUT2D eigenvalue weighted by atomic mass is 35.5. The maximum absolute atomic E-state index is 5.70. The molecule has 0 aromatic carbocycles. The van der Waals surface area contributed by atoms with Crippen LogP contribution in [0.4, 0.5) is 0 Å². The molecule has 0 unspecified atom stereocenters. The fourth-order valence-electron chi connectivity index (χ4n) is 2.57. The van der Waals surface area contributed by atoms with Gasteiger partial charge in [-0.2, -0.15) is 5.10 Å². The van der Waals surface area contributed by atoms with Crippen molar-refractivity contribution in [2.45, 2.75) is 38.8 Å². The summed E-state index contributed by atoms with van der Waals surface area (Å²) in [6, 6.07) is 2.22. The Morgan fingerprint density at radius 2 is 2.16 bits per heavy atom. The number of nitrogens with zero attached hydrogens (tertiary/aromatic N) is 3. The average Bonchev–Trinajstić information content (AvgIpc) is 2.79. The Labute approximate surface area is 120 Å². The lowest BCUT2D eigenvalue weighted by Crippen LogP contribution is -2.37. The minimum atomic E-state index is 0.396. The lowest BCUT2D eigenvalue weighted by atomic mass is 10.1. The number of alkyl halides is 1. The molecule has 0 N–H and O–H groups in total. The van der Waals surface area contributed by atoms with Crippen LogP contribution >= 0.6 is 11.6 Å². The number of hydrogen-bond acceptors (Lipinski definition) is 3. The van der Waals surface area contributed by atoms with Crippen molar-refractivity contribution in [1.82, 2.24) is 14.7 Å². The minimum absolute atomic E-state index is 0.396. The molecule has 1 aliphatic heterocycles. The van der Waals surface area contributed by atoms with Gasteiger partial charge < -0.3 is 4.74 Å². The van der Waals surface area contributed by atoms with Crippen molar-refractivity contribution in [3.8, 4) is 0 Å². The summed E-state index contributed by atoms with van der Waals surface area (Å²) in [5, 5.41) is 4.50. The van der Waals surface area contributed by atoms with E-state index in [1.807, 2.05) is 11.7 Å². The lowest BCUT2D eigenvalue weighted by Gasteiger charge is -2.31. The van der Waals surface area contributed by atoms with Crippen LogP contribution in [-0.2, 0) is 24.8 Å². The molecule has 1 aromatic rings. The standard InChI is InChI=1S/C14H24ClN3O/c1-3-12-10-13(17(2)16-12)11-18-7-4-14(5-8-18)19-9-6-15/h10,14H,3-9,11H2,1-2H3. The Morgan fingerprint density at radius 1 is 1.42 bits per heavy atom. The van der Waals surface area contributed by atoms with E-state index < -0.39 is 0 Å². The topological polar surface area (TPSA) is 30.3 Å². The van der Waals surface area contributed by atoms with Crippen molar-refractivity contribution in [1.29, 1.82) is 0 Å². The van der Waals surface area contributed by atoms with Gasteiger partial charge in [0.1, 0.15) is 0 Å². The highest BCUT2D eigenvalue weighted by molar-refractivity contribution is 6.17. The Bertz CT molecular complexity index is 386. The first-order valence-electron chi connectivity index (χ1n) is 7.14. The van der Waals surface area contributed by atoms with Gasteiger partial charge in [-0.25, -0.2) is 0 Å². The molecule has 0 amide bonds. The highest BCUT2D eigenvalue weighted by Gasteiger charge is 2.20. The van der Waals surface area contributed by atoms with Crippen molar-refractivity contribution in [2.24, 2.45) is 7.05 Å². The van der Waals surface area contributed by atoms with E-state index in [4.69, 9.17) is 16.3 Å². The smallest absolute Gasteiger partial charge is 0.0625 e. The molecule has 19 heavy (non-hydrogen) atoms. The molecule has 1 saturated heterocycles. The Balaban J connectivity index is 1.80. The van der Waals surface area contributed by atoms with E-state index >= 15 is 0 Å². The van der Waals surface area contributed by atoms with Gasteiger partial charge in [0.15, 0.2) is 0 Å². The molecule has 0 spiro atoms. The van der Waals surface area contributed by atoms with Crippen LogP contribution in [0.25, 0.3) is 0 Å². The first-order valence-corrected chi connectivity index (χ1v) is 7.68. The van der Waals surface area contributed by atoms with Gasteiger partial charge in [0.2, 0.25) is 0 Å². The van der Waals surface area contributed by atoms with Gasteiger partial charge in [-0.3, -0.25) is 9.58 Å². The molecule has 0 atom stereocenters. The Morgan fingerprint density at radius 3 is 2.74 bits per heavy atom. The molecule has 2 heterocycles. The Kier molecular flexibility index (Phi) is 5.67. The normalized spacial score (nSPS) is 18.1. The number of rotatable bonds is 6. The van der Waals surface area contributed by atoms with E-state index in [0.29, 0.717) is 18.6 Å². The van der Waals surface area contributed by atoms with E-state index in [0.717, 1.165) is 38.9 Å². The minimum Gasteiger partial charge on any atom is -0.377 e. The van der Waals surface area contributed by atoms with Gasteiger partial charge >= 0.3 is 0 Å². The summed E-state index contributed by atoms with van der Waals surface area (Å²) in [5.74, 6) is 0.592. The number of halogens is 1. The number of aromatic nitrogens is 2. The molecule has 108 valence electrons. The zero-order valence-corrected chi connectivity index (χ0v) is 12.7. The van der Waals surface area contributed by atoms with E-state index in [-0.39, 0.29) is 0 Å². The van der Waals surface area contributed by atoms with Gasteiger partial charge in [-0.15, -0.1) is 11.6 Å². The zero-order chi connectivity index (χ0) is 13.7. The molecule has 5 heteroatoms. The summed E-state index contributed by atoms with van der Waals surface area (Å²) in [7, 11) is 2.03. The average molecular weight is 286 g/mol. The van der Waals surface area contributed by atoms with Gasteiger partial charge in [-0.1, -0.05) is 6.92 Å². The van der Waals surface area contributed by atoms with Gasteiger partial charge in [0.25, 0.3) is 0 Å². The van der Waals surface area contributed by atoms with Crippen LogP contribution in [0.5, 0.6) is 0 Å². The maximum Gasteiger partial charge on any atom is 0.0625 e. The molecule has 1 fully saturated rings. The fourth-order valence-corrected chi connectivity index (χ4v) is 2.66. The third kappa shape index (κ3) is 4.20. The monoisotopic (exact) mass is 285 g/mol. The first kappa shape index (κ1) is 14.8. The van der Waals surface area contributed by atoms with Gasteiger partial charge in [0, 0.05) is 32.6 Å². The second kappa shape index (κ2) is 7.27. The van der Waals surface area contributed by atoms with Crippen molar-refractivity contribution in [2.75, 3.05) is 25.6 Å². The molecular formula is C14H24ClN3O. The van der Waals surface area contributed by atoms with E-state index in [9.17, 15) is 0 Å². The van der Waals surface area contributed by atoms with Crippen molar-refractivity contribution in [3.63, 3.8) is 0 Å². The SMILES string of the molecule is CCc1cc(CN2CCC(OCCCl)CC2)n(C)n1. The predicted octanol–water partition coefficient (Wildman–Crippen LogP) is 2.20. The largest absolute Gasteiger partial charge is 0.377 e. The van der Waals surface area contributed by atoms with Crippen LogP contribution in [-0.4, -0.2) is 46.4 Å². The molecule has 2 rings (SSSR count). The number of piperidine rings is 1. The summed E-state index contributed by atoms with van der Waals surface area (Å²) < 4.78 is 7.71. The van der Waals surface area contributed by atoms with E-state index in [2.05, 4.69) is 23.0 Å². The maximum atomic E-state index is 5.70. The van der Waals surface area contributed by atoms with Gasteiger partial charge in [-0.05, 0) is 25.3 Å².